The lowest BCUT2D eigenvalue weighted by Gasteiger charge is -2.13. The van der Waals surface area contributed by atoms with Gasteiger partial charge in [-0.05, 0) is 24.0 Å². The molecule has 0 spiro atoms. The second kappa shape index (κ2) is 4.30. The molecule has 0 aliphatic carbocycles. The Balaban J connectivity index is 2.44. The largest absolute Gasteiger partial charge is 0.350 e. The van der Waals surface area contributed by atoms with Crippen molar-refractivity contribution < 1.29 is 0 Å². The van der Waals surface area contributed by atoms with Crippen LogP contribution in [0.5, 0.6) is 0 Å². The summed E-state index contributed by atoms with van der Waals surface area (Å²) in [7, 11) is 2.08. The highest BCUT2D eigenvalue weighted by molar-refractivity contribution is 5.84. The molecule has 2 nitrogen and oxygen atoms in total. The monoisotopic (exact) mass is 216 g/mol. The van der Waals surface area contributed by atoms with Gasteiger partial charge in [-0.1, -0.05) is 32.0 Å². The fraction of sp³-hybridized carbons (Fsp3) is 0.429. The summed E-state index contributed by atoms with van der Waals surface area (Å²) in [5.41, 5.74) is 8.79. The fourth-order valence-corrected chi connectivity index (χ4v) is 2.30. The molecule has 1 aromatic heterocycles. The summed E-state index contributed by atoms with van der Waals surface area (Å²) in [5, 5.41) is 1.29. The lowest BCUT2D eigenvalue weighted by Crippen LogP contribution is -2.12. The maximum absolute atomic E-state index is 6.26. The molecular weight excluding hydrogens is 196 g/mol. The maximum Gasteiger partial charge on any atom is 0.0481 e. The summed E-state index contributed by atoms with van der Waals surface area (Å²) in [6, 6.07) is 8.59. The molecule has 0 fully saturated rings. The topological polar surface area (TPSA) is 30.9 Å². The average Bonchev–Trinajstić information content (AvgIpc) is 2.56. The zero-order valence-corrected chi connectivity index (χ0v) is 10.3. The van der Waals surface area contributed by atoms with Crippen molar-refractivity contribution in [3.05, 3.63) is 36.0 Å². The molecule has 0 saturated heterocycles. The van der Waals surface area contributed by atoms with E-state index in [9.17, 15) is 0 Å². The number of aromatic nitrogens is 1. The van der Waals surface area contributed by atoms with Gasteiger partial charge >= 0.3 is 0 Å². The summed E-state index contributed by atoms with van der Waals surface area (Å²) >= 11 is 0. The number of fused-ring (bicyclic) bond motifs is 1. The van der Waals surface area contributed by atoms with Gasteiger partial charge < -0.3 is 10.3 Å². The van der Waals surface area contributed by atoms with Crippen molar-refractivity contribution in [2.75, 3.05) is 0 Å². The van der Waals surface area contributed by atoms with Crippen molar-refractivity contribution in [2.24, 2.45) is 18.7 Å². The van der Waals surface area contributed by atoms with E-state index < -0.39 is 0 Å². The predicted octanol–water partition coefficient (Wildman–Crippen LogP) is 3.22. The molecule has 1 aromatic carbocycles. The Bertz CT molecular complexity index is 482. The number of hydrogen-bond acceptors (Lipinski definition) is 1. The van der Waals surface area contributed by atoms with Crippen LogP contribution < -0.4 is 5.73 Å². The third-order valence-electron chi connectivity index (χ3n) is 3.05. The molecular formula is C14H20N2. The van der Waals surface area contributed by atoms with Crippen LogP contribution in [0, 0.1) is 5.92 Å². The highest BCUT2D eigenvalue weighted by Gasteiger charge is 2.14. The maximum atomic E-state index is 6.26. The molecule has 2 heteroatoms. The Labute approximate surface area is 97.1 Å². The van der Waals surface area contributed by atoms with Crippen LogP contribution in [0.3, 0.4) is 0 Å². The molecule has 0 saturated carbocycles. The predicted molar refractivity (Wildman–Crippen MR) is 69.3 cm³/mol. The van der Waals surface area contributed by atoms with Crippen LogP contribution in [0.15, 0.2) is 30.5 Å². The van der Waals surface area contributed by atoms with E-state index in [1.165, 1.54) is 16.5 Å². The number of hydrogen-bond donors (Lipinski definition) is 1. The Morgan fingerprint density at radius 3 is 2.62 bits per heavy atom. The second-order valence-electron chi connectivity index (χ2n) is 4.95. The number of aryl methyl sites for hydroxylation is 1. The van der Waals surface area contributed by atoms with Crippen LogP contribution in [0.2, 0.25) is 0 Å². The van der Waals surface area contributed by atoms with Crippen LogP contribution in [0.25, 0.3) is 10.9 Å². The van der Waals surface area contributed by atoms with Crippen LogP contribution in [-0.4, -0.2) is 4.57 Å². The molecule has 1 atom stereocenters. The first-order chi connectivity index (χ1) is 7.59. The van der Waals surface area contributed by atoms with Crippen molar-refractivity contribution in [3.8, 4) is 0 Å². The highest BCUT2D eigenvalue weighted by atomic mass is 14.9. The molecule has 1 heterocycles. The van der Waals surface area contributed by atoms with Gasteiger partial charge in [-0.3, -0.25) is 0 Å². The normalized spacial score (nSPS) is 13.6. The first-order valence-electron chi connectivity index (χ1n) is 5.89. The van der Waals surface area contributed by atoms with E-state index in [0.717, 1.165) is 6.42 Å². The molecule has 0 aliphatic heterocycles. The molecule has 0 radical (unpaired) electrons. The Morgan fingerprint density at radius 1 is 1.25 bits per heavy atom. The summed E-state index contributed by atoms with van der Waals surface area (Å²) in [6.45, 7) is 4.43. The third kappa shape index (κ3) is 1.98. The van der Waals surface area contributed by atoms with Gasteiger partial charge in [0.15, 0.2) is 0 Å². The van der Waals surface area contributed by atoms with Crippen molar-refractivity contribution >= 4 is 10.9 Å². The number of nitrogens with zero attached hydrogens (tertiary/aromatic N) is 1. The van der Waals surface area contributed by atoms with E-state index in [0.29, 0.717) is 5.92 Å². The summed E-state index contributed by atoms with van der Waals surface area (Å²) in [6.07, 6.45) is 3.20. The number of rotatable bonds is 3. The molecule has 86 valence electrons. The lowest BCUT2D eigenvalue weighted by atomic mass is 9.97. The molecule has 0 unspecified atom stereocenters. The third-order valence-corrected chi connectivity index (χ3v) is 3.05. The summed E-state index contributed by atoms with van der Waals surface area (Å²) in [5.74, 6) is 0.633. The van der Waals surface area contributed by atoms with Gasteiger partial charge in [0, 0.05) is 30.2 Å². The second-order valence-corrected chi connectivity index (χ2v) is 4.95. The van der Waals surface area contributed by atoms with Gasteiger partial charge in [0.2, 0.25) is 0 Å². The van der Waals surface area contributed by atoms with Gasteiger partial charge in [0.1, 0.15) is 0 Å². The van der Waals surface area contributed by atoms with Gasteiger partial charge in [0.05, 0.1) is 0 Å². The highest BCUT2D eigenvalue weighted by Crippen LogP contribution is 2.27. The summed E-state index contributed by atoms with van der Waals surface area (Å²) < 4.78 is 2.16. The zero-order chi connectivity index (χ0) is 11.7. The molecule has 16 heavy (non-hydrogen) atoms. The van der Waals surface area contributed by atoms with Crippen LogP contribution in [-0.2, 0) is 7.05 Å². The standard InChI is InChI=1S/C14H20N2/c1-10(2)8-13(15)12-9-16(3)14-7-5-4-6-11(12)14/h4-7,9-10,13H,8,15H2,1-3H3/t13-/m0/s1. The first kappa shape index (κ1) is 11.2. The van der Waals surface area contributed by atoms with Crippen molar-refractivity contribution in [1.82, 2.24) is 4.57 Å². The SMILES string of the molecule is CC(C)C[C@H](N)c1cn(C)c2ccccc12. The van der Waals surface area contributed by atoms with E-state index in [-0.39, 0.29) is 6.04 Å². The van der Waals surface area contributed by atoms with Gasteiger partial charge in [-0.25, -0.2) is 0 Å². The molecule has 2 rings (SSSR count). The molecule has 0 aliphatic rings. The molecule has 2 aromatic rings. The van der Waals surface area contributed by atoms with Crippen LogP contribution in [0.1, 0.15) is 31.9 Å². The van der Waals surface area contributed by atoms with Gasteiger partial charge in [-0.2, -0.15) is 0 Å². The molecule has 0 bridgehead atoms. The van der Waals surface area contributed by atoms with Crippen LogP contribution in [0.4, 0.5) is 0 Å². The smallest absolute Gasteiger partial charge is 0.0481 e. The number of nitrogens with two attached hydrogens (primary N) is 1. The van der Waals surface area contributed by atoms with Crippen molar-refractivity contribution in [1.29, 1.82) is 0 Å². The van der Waals surface area contributed by atoms with Gasteiger partial charge in [0.25, 0.3) is 0 Å². The zero-order valence-electron chi connectivity index (χ0n) is 10.3. The first-order valence-corrected chi connectivity index (χ1v) is 5.89. The fourth-order valence-electron chi connectivity index (χ4n) is 2.30. The quantitative estimate of drug-likeness (QED) is 0.839. The average molecular weight is 216 g/mol. The Kier molecular flexibility index (Phi) is 3.01. The minimum absolute atomic E-state index is 0.145. The van der Waals surface area contributed by atoms with E-state index in [2.05, 4.69) is 55.9 Å². The number of benzene rings is 1. The van der Waals surface area contributed by atoms with E-state index in [4.69, 9.17) is 5.73 Å². The van der Waals surface area contributed by atoms with Crippen molar-refractivity contribution in [3.63, 3.8) is 0 Å². The minimum Gasteiger partial charge on any atom is -0.350 e. The Morgan fingerprint density at radius 2 is 1.94 bits per heavy atom. The lowest BCUT2D eigenvalue weighted by molar-refractivity contribution is 0.511. The van der Waals surface area contributed by atoms with Gasteiger partial charge in [-0.15, -0.1) is 0 Å². The van der Waals surface area contributed by atoms with Crippen LogP contribution >= 0.6 is 0 Å². The summed E-state index contributed by atoms with van der Waals surface area (Å²) in [4.78, 5) is 0. The van der Waals surface area contributed by atoms with E-state index in [1.807, 2.05) is 0 Å². The Hall–Kier alpha value is -1.28. The van der Waals surface area contributed by atoms with E-state index >= 15 is 0 Å². The van der Waals surface area contributed by atoms with Crippen molar-refractivity contribution in [2.45, 2.75) is 26.3 Å². The minimum atomic E-state index is 0.145. The number of para-hydroxylation sites is 1. The molecule has 0 amide bonds. The van der Waals surface area contributed by atoms with E-state index in [1.54, 1.807) is 0 Å². The molecule has 2 N–H and O–H groups in total.